The maximum atomic E-state index is 12.4. The van der Waals surface area contributed by atoms with Gasteiger partial charge >= 0.3 is 0 Å². The third-order valence-electron chi connectivity index (χ3n) is 5.54. The molecular formula is C19H25N3O2. The molecule has 2 heterocycles. The van der Waals surface area contributed by atoms with Crippen molar-refractivity contribution in [2.45, 2.75) is 44.7 Å². The zero-order valence-electron chi connectivity index (χ0n) is 14.2. The van der Waals surface area contributed by atoms with Crippen LogP contribution >= 0.6 is 0 Å². The van der Waals surface area contributed by atoms with Crippen molar-refractivity contribution in [2.24, 2.45) is 5.92 Å². The Morgan fingerprint density at radius 1 is 1.33 bits per heavy atom. The number of nitrogens with one attached hydrogen (secondary N) is 1. The molecule has 5 nitrogen and oxygen atoms in total. The van der Waals surface area contributed by atoms with Gasteiger partial charge in [0.1, 0.15) is 0 Å². The summed E-state index contributed by atoms with van der Waals surface area (Å²) in [6, 6.07) is 9.15. The molecule has 0 radical (unpaired) electrons. The van der Waals surface area contributed by atoms with E-state index in [1.807, 2.05) is 4.90 Å². The van der Waals surface area contributed by atoms with Gasteiger partial charge in [-0.1, -0.05) is 18.2 Å². The second kappa shape index (κ2) is 6.11. The summed E-state index contributed by atoms with van der Waals surface area (Å²) in [5.41, 5.74) is 2.67. The first-order valence-electron chi connectivity index (χ1n) is 9.05. The topological polar surface area (TPSA) is 52.7 Å². The fourth-order valence-corrected chi connectivity index (χ4v) is 3.97. The van der Waals surface area contributed by atoms with Crippen LogP contribution < -0.4 is 10.2 Å². The number of carbonyl (C=O) groups excluding carboxylic acids is 2. The SMILES string of the molecule is C[C@H](CNC(=O)[C@H]1CC(=O)N(C2CC2)C1)N1CCc2ccccc21. The first kappa shape index (κ1) is 15.5. The fraction of sp³-hybridized carbons (Fsp3) is 0.579. The van der Waals surface area contributed by atoms with E-state index < -0.39 is 0 Å². The third kappa shape index (κ3) is 2.87. The van der Waals surface area contributed by atoms with Crippen molar-refractivity contribution >= 4 is 17.5 Å². The molecule has 1 aromatic carbocycles. The Hall–Kier alpha value is -2.04. The van der Waals surface area contributed by atoms with Crippen LogP contribution in [-0.4, -0.2) is 48.4 Å². The van der Waals surface area contributed by atoms with Gasteiger partial charge in [0.2, 0.25) is 11.8 Å². The highest BCUT2D eigenvalue weighted by atomic mass is 16.2. The fourth-order valence-electron chi connectivity index (χ4n) is 3.97. The molecule has 1 saturated heterocycles. The summed E-state index contributed by atoms with van der Waals surface area (Å²) in [5, 5.41) is 3.07. The molecule has 5 heteroatoms. The van der Waals surface area contributed by atoms with Crippen LogP contribution in [-0.2, 0) is 16.0 Å². The number of para-hydroxylation sites is 1. The molecule has 1 saturated carbocycles. The van der Waals surface area contributed by atoms with Crippen LogP contribution in [0, 0.1) is 5.92 Å². The second-order valence-electron chi connectivity index (χ2n) is 7.34. The van der Waals surface area contributed by atoms with E-state index in [2.05, 4.69) is 41.4 Å². The van der Waals surface area contributed by atoms with E-state index in [9.17, 15) is 9.59 Å². The highest BCUT2D eigenvalue weighted by Gasteiger charge is 2.41. The molecule has 3 aliphatic rings. The Balaban J connectivity index is 1.31. The van der Waals surface area contributed by atoms with E-state index in [0.29, 0.717) is 25.6 Å². The number of anilines is 1. The minimum atomic E-state index is -0.170. The van der Waals surface area contributed by atoms with Gasteiger partial charge in [-0.2, -0.15) is 0 Å². The smallest absolute Gasteiger partial charge is 0.225 e. The molecule has 24 heavy (non-hydrogen) atoms. The summed E-state index contributed by atoms with van der Waals surface area (Å²) in [6.07, 6.45) is 3.65. The highest BCUT2D eigenvalue weighted by Crippen LogP contribution is 2.33. The van der Waals surface area contributed by atoms with Gasteiger partial charge in [-0.25, -0.2) is 0 Å². The average molecular weight is 327 g/mol. The van der Waals surface area contributed by atoms with Crippen LogP contribution in [0.5, 0.6) is 0 Å². The third-order valence-corrected chi connectivity index (χ3v) is 5.54. The number of amides is 2. The molecule has 1 aliphatic carbocycles. The normalized spacial score (nSPS) is 24.2. The molecule has 1 N–H and O–H groups in total. The second-order valence-corrected chi connectivity index (χ2v) is 7.34. The summed E-state index contributed by atoms with van der Waals surface area (Å²) >= 11 is 0. The molecular weight excluding hydrogens is 302 g/mol. The van der Waals surface area contributed by atoms with Crippen LogP contribution in [0.4, 0.5) is 5.69 Å². The number of hydrogen-bond donors (Lipinski definition) is 1. The zero-order chi connectivity index (χ0) is 16.7. The van der Waals surface area contributed by atoms with Crippen molar-refractivity contribution in [3.63, 3.8) is 0 Å². The van der Waals surface area contributed by atoms with Crippen LogP contribution in [0.3, 0.4) is 0 Å². The van der Waals surface area contributed by atoms with Crippen molar-refractivity contribution in [3.05, 3.63) is 29.8 Å². The van der Waals surface area contributed by atoms with Gasteiger partial charge in [0.05, 0.1) is 5.92 Å². The molecule has 4 rings (SSSR count). The Morgan fingerprint density at radius 2 is 2.12 bits per heavy atom. The van der Waals surface area contributed by atoms with Crippen molar-refractivity contribution in [2.75, 3.05) is 24.5 Å². The largest absolute Gasteiger partial charge is 0.366 e. The lowest BCUT2D eigenvalue weighted by Gasteiger charge is -2.28. The Bertz CT molecular complexity index is 656. The number of benzene rings is 1. The molecule has 128 valence electrons. The zero-order valence-corrected chi connectivity index (χ0v) is 14.2. The molecule has 2 amide bonds. The predicted octanol–water partition coefficient (Wildman–Crippen LogP) is 1.56. The van der Waals surface area contributed by atoms with Gasteiger partial charge < -0.3 is 15.1 Å². The monoisotopic (exact) mass is 327 g/mol. The highest BCUT2D eigenvalue weighted by molar-refractivity contribution is 5.89. The summed E-state index contributed by atoms with van der Waals surface area (Å²) in [6.45, 7) is 4.39. The van der Waals surface area contributed by atoms with E-state index in [-0.39, 0.29) is 23.8 Å². The van der Waals surface area contributed by atoms with Gasteiger partial charge in [-0.15, -0.1) is 0 Å². The maximum absolute atomic E-state index is 12.4. The van der Waals surface area contributed by atoms with Crippen LogP contribution in [0.1, 0.15) is 31.7 Å². The Morgan fingerprint density at radius 3 is 2.92 bits per heavy atom. The van der Waals surface area contributed by atoms with Gasteiger partial charge in [-0.05, 0) is 37.8 Å². The molecule has 2 aliphatic heterocycles. The number of fused-ring (bicyclic) bond motifs is 1. The maximum Gasteiger partial charge on any atom is 0.225 e. The lowest BCUT2D eigenvalue weighted by molar-refractivity contribution is -0.129. The Kier molecular flexibility index (Phi) is 3.94. The standard InChI is InChI=1S/C19H25N3O2/c1-13(21-9-8-14-4-2-3-5-17(14)21)11-20-19(24)15-10-18(23)22(12-15)16-6-7-16/h2-5,13,15-16H,6-12H2,1H3,(H,20,24)/t13-,15+/m1/s1. The minimum Gasteiger partial charge on any atom is -0.366 e. The van der Waals surface area contributed by atoms with Gasteiger partial charge in [0.25, 0.3) is 0 Å². The van der Waals surface area contributed by atoms with Gasteiger partial charge in [0, 0.05) is 43.8 Å². The van der Waals surface area contributed by atoms with Crippen molar-refractivity contribution < 1.29 is 9.59 Å². The predicted molar refractivity (Wildman–Crippen MR) is 92.8 cm³/mol. The molecule has 0 bridgehead atoms. The summed E-state index contributed by atoms with van der Waals surface area (Å²) in [5.74, 6) is 0.0150. The molecule has 0 unspecified atom stereocenters. The van der Waals surface area contributed by atoms with Crippen molar-refractivity contribution in [3.8, 4) is 0 Å². The van der Waals surface area contributed by atoms with E-state index in [0.717, 1.165) is 25.8 Å². The first-order valence-corrected chi connectivity index (χ1v) is 9.05. The summed E-state index contributed by atoms with van der Waals surface area (Å²) in [7, 11) is 0. The number of carbonyl (C=O) groups is 2. The number of rotatable bonds is 5. The van der Waals surface area contributed by atoms with Crippen LogP contribution in [0.25, 0.3) is 0 Å². The minimum absolute atomic E-state index is 0.0332. The molecule has 1 aromatic rings. The summed E-state index contributed by atoms with van der Waals surface area (Å²) < 4.78 is 0. The number of likely N-dealkylation sites (tertiary alicyclic amines) is 1. The van der Waals surface area contributed by atoms with Gasteiger partial charge in [0.15, 0.2) is 0 Å². The lowest BCUT2D eigenvalue weighted by atomic mass is 10.1. The van der Waals surface area contributed by atoms with E-state index in [1.165, 1.54) is 11.3 Å². The van der Waals surface area contributed by atoms with Crippen molar-refractivity contribution in [1.82, 2.24) is 10.2 Å². The van der Waals surface area contributed by atoms with E-state index in [4.69, 9.17) is 0 Å². The number of nitrogens with zero attached hydrogens (tertiary/aromatic N) is 2. The summed E-state index contributed by atoms with van der Waals surface area (Å²) in [4.78, 5) is 28.7. The average Bonchev–Trinajstić information content (AvgIpc) is 3.21. The number of hydrogen-bond acceptors (Lipinski definition) is 3. The first-order chi connectivity index (χ1) is 11.6. The Labute approximate surface area is 143 Å². The van der Waals surface area contributed by atoms with Crippen LogP contribution in [0.15, 0.2) is 24.3 Å². The van der Waals surface area contributed by atoms with E-state index >= 15 is 0 Å². The molecule has 0 aromatic heterocycles. The lowest BCUT2D eigenvalue weighted by Crippen LogP contribution is -2.43. The van der Waals surface area contributed by atoms with Crippen molar-refractivity contribution in [1.29, 1.82) is 0 Å². The van der Waals surface area contributed by atoms with Crippen LogP contribution in [0.2, 0.25) is 0 Å². The quantitative estimate of drug-likeness (QED) is 0.893. The molecule has 0 spiro atoms. The van der Waals surface area contributed by atoms with Gasteiger partial charge in [-0.3, -0.25) is 9.59 Å². The van der Waals surface area contributed by atoms with E-state index in [1.54, 1.807) is 0 Å². The molecule has 2 atom stereocenters. The molecule has 2 fully saturated rings.